The van der Waals surface area contributed by atoms with Crippen LogP contribution >= 0.6 is 0 Å². The Labute approximate surface area is 151 Å². The number of anilines is 2. The van der Waals surface area contributed by atoms with Gasteiger partial charge in [0.1, 0.15) is 5.82 Å². The number of nitrogens with one attached hydrogen (secondary N) is 2. The van der Waals surface area contributed by atoms with Crippen LogP contribution in [0.15, 0.2) is 36.7 Å². The Morgan fingerprint density at radius 2 is 2.00 bits per heavy atom. The highest BCUT2D eigenvalue weighted by atomic mass is 19.1. The largest absolute Gasteiger partial charge is 0.472 e. The van der Waals surface area contributed by atoms with E-state index in [-0.39, 0.29) is 24.0 Å². The summed E-state index contributed by atoms with van der Waals surface area (Å²) in [5, 5.41) is 5.63. The maximum atomic E-state index is 12.9. The molecule has 0 bridgehead atoms. The Morgan fingerprint density at radius 1 is 1.27 bits per heavy atom. The van der Waals surface area contributed by atoms with Gasteiger partial charge in [0, 0.05) is 37.2 Å². The van der Waals surface area contributed by atoms with Gasteiger partial charge in [-0.3, -0.25) is 0 Å². The lowest BCUT2D eigenvalue weighted by Gasteiger charge is -2.21. The van der Waals surface area contributed by atoms with Gasteiger partial charge in [-0.15, -0.1) is 0 Å². The Balaban J connectivity index is 1.57. The third kappa shape index (κ3) is 4.59. The molecule has 2 N–H and O–H groups in total. The van der Waals surface area contributed by atoms with E-state index in [1.807, 2.05) is 18.7 Å². The number of benzene rings is 1. The fraction of sp³-hybridized carbons (Fsp3) is 0.389. The van der Waals surface area contributed by atoms with E-state index in [0.717, 1.165) is 13.0 Å². The van der Waals surface area contributed by atoms with Crippen molar-refractivity contribution >= 4 is 17.5 Å². The van der Waals surface area contributed by atoms with Gasteiger partial charge in [-0.25, -0.2) is 19.2 Å². The molecule has 1 saturated heterocycles. The maximum Gasteiger partial charge on any atom is 0.319 e. The molecular formula is C18H22FN5O2. The van der Waals surface area contributed by atoms with Crippen molar-refractivity contribution in [2.24, 2.45) is 0 Å². The number of aromatic nitrogens is 2. The van der Waals surface area contributed by atoms with Crippen molar-refractivity contribution in [1.29, 1.82) is 0 Å². The van der Waals surface area contributed by atoms with Gasteiger partial charge < -0.3 is 20.3 Å². The minimum absolute atomic E-state index is 0.00321. The zero-order valence-corrected chi connectivity index (χ0v) is 14.8. The van der Waals surface area contributed by atoms with E-state index in [1.54, 1.807) is 12.4 Å². The smallest absolute Gasteiger partial charge is 0.319 e. The summed E-state index contributed by atoms with van der Waals surface area (Å²) < 4.78 is 18.6. The first kappa shape index (κ1) is 17.9. The molecule has 26 heavy (non-hydrogen) atoms. The van der Waals surface area contributed by atoms with Gasteiger partial charge >= 0.3 is 6.03 Å². The molecule has 0 aliphatic carbocycles. The summed E-state index contributed by atoms with van der Waals surface area (Å²) in [6.45, 7) is 5.23. The predicted octanol–water partition coefficient (Wildman–Crippen LogP) is 2.80. The molecule has 0 spiro atoms. The van der Waals surface area contributed by atoms with Crippen LogP contribution in [0.5, 0.6) is 5.88 Å². The molecular weight excluding hydrogens is 337 g/mol. The number of urea groups is 1. The van der Waals surface area contributed by atoms with Gasteiger partial charge in [-0.05, 0) is 44.5 Å². The molecule has 138 valence electrons. The monoisotopic (exact) mass is 359 g/mol. The van der Waals surface area contributed by atoms with Crippen molar-refractivity contribution in [1.82, 2.24) is 15.3 Å². The lowest BCUT2D eigenvalue weighted by Crippen LogP contribution is -2.39. The molecule has 2 aromatic rings. The maximum absolute atomic E-state index is 12.9. The number of ether oxygens (including phenoxy) is 1. The summed E-state index contributed by atoms with van der Waals surface area (Å²) >= 11 is 0. The third-order valence-electron chi connectivity index (χ3n) is 3.92. The van der Waals surface area contributed by atoms with Crippen LogP contribution in [0.2, 0.25) is 0 Å². The van der Waals surface area contributed by atoms with Crippen molar-refractivity contribution in [2.45, 2.75) is 32.4 Å². The number of halogens is 1. The highest BCUT2D eigenvalue weighted by molar-refractivity contribution is 5.89. The van der Waals surface area contributed by atoms with Crippen LogP contribution in [0.3, 0.4) is 0 Å². The van der Waals surface area contributed by atoms with Gasteiger partial charge in [0.2, 0.25) is 0 Å². The zero-order valence-electron chi connectivity index (χ0n) is 14.8. The first-order valence-electron chi connectivity index (χ1n) is 8.57. The average Bonchev–Trinajstić information content (AvgIpc) is 3.05. The fourth-order valence-electron chi connectivity index (χ4n) is 2.80. The highest BCUT2D eigenvalue weighted by Crippen LogP contribution is 2.27. The van der Waals surface area contributed by atoms with Crippen molar-refractivity contribution in [3.63, 3.8) is 0 Å². The van der Waals surface area contributed by atoms with E-state index in [0.29, 0.717) is 23.9 Å². The number of rotatable bonds is 5. The molecule has 0 saturated carbocycles. The molecule has 1 aromatic carbocycles. The molecule has 3 rings (SSSR count). The molecule has 1 aliphatic heterocycles. The summed E-state index contributed by atoms with van der Waals surface area (Å²) in [5.41, 5.74) is 0.542. The number of hydrogen-bond acceptors (Lipinski definition) is 5. The Kier molecular flexibility index (Phi) is 5.50. The first-order valence-corrected chi connectivity index (χ1v) is 8.57. The standard InChI is InChI=1S/C18H22FN5O2/c1-12(2)26-17-16(20-8-9-21-17)24-10-7-15(11-24)23-18(25)22-14-5-3-13(19)4-6-14/h3-6,8-9,12,15H,7,10-11H2,1-2H3,(H2,22,23,25). The second kappa shape index (κ2) is 7.99. The van der Waals surface area contributed by atoms with Crippen molar-refractivity contribution in [2.75, 3.05) is 23.3 Å². The van der Waals surface area contributed by atoms with Crippen molar-refractivity contribution in [3.05, 3.63) is 42.5 Å². The van der Waals surface area contributed by atoms with Crippen LogP contribution in [0, 0.1) is 5.82 Å². The summed E-state index contributed by atoms with van der Waals surface area (Å²) in [6.07, 6.45) is 4.02. The molecule has 2 heterocycles. The van der Waals surface area contributed by atoms with Crippen LogP contribution in [0.1, 0.15) is 20.3 Å². The van der Waals surface area contributed by atoms with E-state index < -0.39 is 0 Å². The molecule has 1 aromatic heterocycles. The molecule has 1 aliphatic rings. The fourth-order valence-corrected chi connectivity index (χ4v) is 2.80. The Morgan fingerprint density at radius 3 is 2.73 bits per heavy atom. The summed E-state index contributed by atoms with van der Waals surface area (Å²) in [6, 6.07) is 5.30. The molecule has 7 nitrogen and oxygen atoms in total. The van der Waals surface area contributed by atoms with Crippen molar-refractivity contribution in [3.8, 4) is 5.88 Å². The van der Waals surface area contributed by atoms with Gasteiger partial charge in [0.15, 0.2) is 5.82 Å². The van der Waals surface area contributed by atoms with Crippen LogP contribution in [-0.2, 0) is 0 Å². The number of carbonyl (C=O) groups excluding carboxylic acids is 1. The van der Waals surface area contributed by atoms with E-state index in [9.17, 15) is 9.18 Å². The van der Waals surface area contributed by atoms with Crippen LogP contribution in [-0.4, -0.2) is 41.2 Å². The van der Waals surface area contributed by atoms with E-state index in [4.69, 9.17) is 4.74 Å². The predicted molar refractivity (Wildman–Crippen MR) is 97.0 cm³/mol. The van der Waals surface area contributed by atoms with Gasteiger partial charge in [0.05, 0.1) is 6.10 Å². The van der Waals surface area contributed by atoms with Crippen LogP contribution < -0.4 is 20.3 Å². The van der Waals surface area contributed by atoms with Crippen molar-refractivity contribution < 1.29 is 13.9 Å². The summed E-state index contributed by atoms with van der Waals surface area (Å²) in [4.78, 5) is 22.8. The average molecular weight is 359 g/mol. The normalized spacial score (nSPS) is 16.6. The zero-order chi connectivity index (χ0) is 18.5. The quantitative estimate of drug-likeness (QED) is 0.858. The topological polar surface area (TPSA) is 79.4 Å². The lowest BCUT2D eigenvalue weighted by atomic mass is 10.3. The molecule has 2 amide bonds. The lowest BCUT2D eigenvalue weighted by molar-refractivity contribution is 0.232. The molecule has 0 radical (unpaired) electrons. The summed E-state index contributed by atoms with van der Waals surface area (Å²) in [7, 11) is 0. The SMILES string of the molecule is CC(C)Oc1nccnc1N1CCC(NC(=O)Nc2ccc(F)cc2)C1. The minimum Gasteiger partial charge on any atom is -0.472 e. The molecule has 1 atom stereocenters. The van der Waals surface area contributed by atoms with Crippen LogP contribution in [0.25, 0.3) is 0 Å². The molecule has 8 heteroatoms. The van der Waals surface area contributed by atoms with Gasteiger partial charge in [0.25, 0.3) is 5.88 Å². The number of nitrogens with zero attached hydrogens (tertiary/aromatic N) is 3. The molecule has 1 unspecified atom stereocenters. The van der Waals surface area contributed by atoms with E-state index in [1.165, 1.54) is 24.3 Å². The third-order valence-corrected chi connectivity index (χ3v) is 3.92. The minimum atomic E-state index is -0.342. The highest BCUT2D eigenvalue weighted by Gasteiger charge is 2.27. The molecule has 1 fully saturated rings. The van der Waals surface area contributed by atoms with E-state index >= 15 is 0 Å². The van der Waals surface area contributed by atoms with Crippen LogP contribution in [0.4, 0.5) is 20.7 Å². The Hall–Kier alpha value is -2.90. The first-order chi connectivity index (χ1) is 12.5. The second-order valence-electron chi connectivity index (χ2n) is 6.39. The second-order valence-corrected chi connectivity index (χ2v) is 6.39. The van der Waals surface area contributed by atoms with Gasteiger partial charge in [-0.1, -0.05) is 0 Å². The van der Waals surface area contributed by atoms with E-state index in [2.05, 4.69) is 20.6 Å². The summed E-state index contributed by atoms with van der Waals surface area (Å²) in [5.74, 6) is 0.842. The number of hydrogen-bond donors (Lipinski definition) is 2. The Bertz CT molecular complexity index is 754. The number of carbonyl (C=O) groups is 1. The van der Waals surface area contributed by atoms with Gasteiger partial charge in [-0.2, -0.15) is 0 Å². The number of amides is 2.